The van der Waals surface area contributed by atoms with Crippen LogP contribution in [0.25, 0.3) is 10.8 Å². The minimum atomic E-state index is -0.511. The second-order valence-corrected chi connectivity index (χ2v) is 7.18. The van der Waals surface area contributed by atoms with Crippen LogP contribution in [0.2, 0.25) is 0 Å². The standard InChI is InChI=1S/C23H21N3O2/c1-4-23(2,3)22(27)28-21-11-9-19(10-12-21)25-26-20-8-7-17-13-16(15-24)5-6-18(17)14-20/h5-14H,4H2,1-3H3. The summed E-state index contributed by atoms with van der Waals surface area (Å²) in [4.78, 5) is 12.1. The highest BCUT2D eigenvalue weighted by Crippen LogP contribution is 2.27. The Hall–Kier alpha value is -3.52. The van der Waals surface area contributed by atoms with E-state index >= 15 is 0 Å². The topological polar surface area (TPSA) is 74.8 Å². The molecule has 0 unspecified atom stereocenters. The average molecular weight is 371 g/mol. The first-order valence-electron chi connectivity index (χ1n) is 9.09. The molecule has 0 amide bonds. The Labute approximate surface area is 164 Å². The van der Waals surface area contributed by atoms with Crippen LogP contribution in [0.3, 0.4) is 0 Å². The molecule has 0 aromatic heterocycles. The van der Waals surface area contributed by atoms with Crippen molar-refractivity contribution in [1.29, 1.82) is 5.26 Å². The molecular weight excluding hydrogens is 350 g/mol. The molecule has 5 heteroatoms. The highest BCUT2D eigenvalue weighted by atomic mass is 16.5. The lowest BCUT2D eigenvalue weighted by Crippen LogP contribution is -2.28. The minimum absolute atomic E-state index is 0.250. The van der Waals surface area contributed by atoms with Gasteiger partial charge in [0.25, 0.3) is 0 Å². The van der Waals surface area contributed by atoms with Crippen molar-refractivity contribution in [2.24, 2.45) is 15.6 Å². The highest BCUT2D eigenvalue weighted by Gasteiger charge is 2.27. The number of azo groups is 1. The quantitative estimate of drug-likeness (QED) is 0.293. The van der Waals surface area contributed by atoms with Crippen LogP contribution < -0.4 is 4.74 Å². The number of nitriles is 1. The Balaban J connectivity index is 1.71. The van der Waals surface area contributed by atoms with E-state index in [4.69, 9.17) is 10.00 Å². The first-order valence-corrected chi connectivity index (χ1v) is 9.09. The number of benzene rings is 3. The van der Waals surface area contributed by atoms with Crippen LogP contribution in [-0.4, -0.2) is 5.97 Å². The first kappa shape index (κ1) is 19.2. The summed E-state index contributed by atoms with van der Waals surface area (Å²) in [6, 6.07) is 20.3. The molecule has 0 aliphatic carbocycles. The van der Waals surface area contributed by atoms with Gasteiger partial charge in [0.2, 0.25) is 0 Å². The van der Waals surface area contributed by atoms with Crippen LogP contribution in [0.15, 0.2) is 70.9 Å². The van der Waals surface area contributed by atoms with Gasteiger partial charge in [-0.15, -0.1) is 0 Å². The molecule has 0 fully saturated rings. The number of rotatable bonds is 5. The van der Waals surface area contributed by atoms with E-state index in [0.29, 0.717) is 23.4 Å². The lowest BCUT2D eigenvalue weighted by Gasteiger charge is -2.19. The van der Waals surface area contributed by atoms with Gasteiger partial charge in [-0.1, -0.05) is 19.1 Å². The lowest BCUT2D eigenvalue weighted by molar-refractivity contribution is -0.144. The smallest absolute Gasteiger partial charge is 0.316 e. The zero-order chi connectivity index (χ0) is 20.1. The SMILES string of the molecule is CCC(C)(C)C(=O)Oc1ccc(N=Nc2ccc3cc(C#N)ccc3c2)cc1. The maximum atomic E-state index is 12.1. The molecule has 0 saturated carbocycles. The summed E-state index contributed by atoms with van der Waals surface area (Å²) >= 11 is 0. The number of fused-ring (bicyclic) bond motifs is 1. The van der Waals surface area contributed by atoms with E-state index in [1.165, 1.54) is 0 Å². The van der Waals surface area contributed by atoms with E-state index in [1.807, 2.05) is 51.1 Å². The summed E-state index contributed by atoms with van der Waals surface area (Å²) in [7, 11) is 0. The Bertz CT molecular complexity index is 1080. The van der Waals surface area contributed by atoms with Crippen molar-refractivity contribution in [3.05, 3.63) is 66.2 Å². The molecule has 3 aromatic rings. The molecule has 0 saturated heterocycles. The molecule has 0 N–H and O–H groups in total. The molecule has 0 spiro atoms. The summed E-state index contributed by atoms with van der Waals surface area (Å²) < 4.78 is 5.42. The van der Waals surface area contributed by atoms with Gasteiger partial charge in [0.15, 0.2) is 0 Å². The molecule has 140 valence electrons. The van der Waals surface area contributed by atoms with Gasteiger partial charge in [0.1, 0.15) is 5.75 Å². The third kappa shape index (κ3) is 4.41. The monoisotopic (exact) mass is 371 g/mol. The summed E-state index contributed by atoms with van der Waals surface area (Å²) in [5.41, 5.74) is 1.50. The van der Waals surface area contributed by atoms with Crippen LogP contribution in [0.4, 0.5) is 11.4 Å². The van der Waals surface area contributed by atoms with Gasteiger partial charge >= 0.3 is 5.97 Å². The maximum absolute atomic E-state index is 12.1. The predicted octanol–water partition coefficient (Wildman–Crippen LogP) is 6.47. The third-order valence-electron chi connectivity index (χ3n) is 4.72. The fraction of sp³-hybridized carbons (Fsp3) is 0.217. The van der Waals surface area contributed by atoms with Crippen LogP contribution in [0.5, 0.6) is 5.75 Å². The van der Waals surface area contributed by atoms with E-state index in [1.54, 1.807) is 30.3 Å². The summed E-state index contributed by atoms with van der Waals surface area (Å²) in [6.07, 6.45) is 0.710. The Morgan fingerprint density at radius 3 is 2.25 bits per heavy atom. The number of carbonyl (C=O) groups is 1. The molecule has 0 aliphatic heterocycles. The number of carbonyl (C=O) groups excluding carboxylic acids is 1. The van der Waals surface area contributed by atoms with Gasteiger partial charge in [-0.2, -0.15) is 15.5 Å². The number of hydrogen-bond acceptors (Lipinski definition) is 5. The molecule has 3 aromatic carbocycles. The predicted molar refractivity (Wildman–Crippen MR) is 109 cm³/mol. The van der Waals surface area contributed by atoms with E-state index < -0.39 is 5.41 Å². The van der Waals surface area contributed by atoms with Crippen molar-refractivity contribution in [3.63, 3.8) is 0 Å². The van der Waals surface area contributed by atoms with Gasteiger partial charge in [0, 0.05) is 0 Å². The van der Waals surface area contributed by atoms with Crippen molar-refractivity contribution in [2.75, 3.05) is 0 Å². The van der Waals surface area contributed by atoms with E-state index in [2.05, 4.69) is 16.3 Å². The minimum Gasteiger partial charge on any atom is -0.426 e. The normalized spacial score (nSPS) is 11.5. The third-order valence-corrected chi connectivity index (χ3v) is 4.72. The van der Waals surface area contributed by atoms with E-state index in [-0.39, 0.29) is 5.97 Å². The van der Waals surface area contributed by atoms with E-state index in [9.17, 15) is 4.79 Å². The Morgan fingerprint density at radius 1 is 0.964 bits per heavy atom. The van der Waals surface area contributed by atoms with Crippen LogP contribution in [-0.2, 0) is 4.79 Å². The zero-order valence-electron chi connectivity index (χ0n) is 16.1. The number of ether oxygens (including phenoxy) is 1. The molecule has 28 heavy (non-hydrogen) atoms. The largest absolute Gasteiger partial charge is 0.426 e. The summed E-state index contributed by atoms with van der Waals surface area (Å²) in [6.45, 7) is 5.69. The second-order valence-electron chi connectivity index (χ2n) is 7.18. The number of esters is 1. The van der Waals surface area contributed by atoms with Crippen molar-refractivity contribution < 1.29 is 9.53 Å². The first-order chi connectivity index (χ1) is 13.4. The lowest BCUT2D eigenvalue weighted by atomic mass is 9.91. The van der Waals surface area contributed by atoms with Crippen molar-refractivity contribution in [3.8, 4) is 11.8 Å². The van der Waals surface area contributed by atoms with Crippen LogP contribution in [0, 0.1) is 16.7 Å². The number of hydrogen-bond donors (Lipinski definition) is 0. The zero-order valence-corrected chi connectivity index (χ0v) is 16.1. The molecule has 0 radical (unpaired) electrons. The van der Waals surface area contributed by atoms with Gasteiger partial charge < -0.3 is 4.74 Å². The van der Waals surface area contributed by atoms with Crippen molar-refractivity contribution in [1.82, 2.24) is 0 Å². The molecule has 3 rings (SSSR count). The molecule has 0 bridgehead atoms. The summed E-state index contributed by atoms with van der Waals surface area (Å²) in [5.74, 6) is 0.240. The number of nitrogens with zero attached hydrogens (tertiary/aromatic N) is 3. The Morgan fingerprint density at radius 2 is 1.57 bits per heavy atom. The fourth-order valence-electron chi connectivity index (χ4n) is 2.45. The molecule has 0 atom stereocenters. The van der Waals surface area contributed by atoms with Crippen molar-refractivity contribution in [2.45, 2.75) is 27.2 Å². The second kappa shape index (κ2) is 8.01. The van der Waals surface area contributed by atoms with Crippen LogP contribution in [0.1, 0.15) is 32.8 Å². The van der Waals surface area contributed by atoms with Crippen molar-refractivity contribution >= 4 is 28.1 Å². The molecule has 5 nitrogen and oxygen atoms in total. The summed E-state index contributed by atoms with van der Waals surface area (Å²) in [5, 5.41) is 19.5. The van der Waals surface area contributed by atoms with Gasteiger partial charge in [-0.3, -0.25) is 4.79 Å². The fourth-order valence-corrected chi connectivity index (χ4v) is 2.45. The molecular formula is C23H21N3O2. The molecule has 0 aliphatic rings. The average Bonchev–Trinajstić information content (AvgIpc) is 2.72. The maximum Gasteiger partial charge on any atom is 0.316 e. The van der Waals surface area contributed by atoms with Gasteiger partial charge in [0.05, 0.1) is 28.4 Å². The highest BCUT2D eigenvalue weighted by molar-refractivity contribution is 5.86. The van der Waals surface area contributed by atoms with Crippen LogP contribution >= 0.6 is 0 Å². The van der Waals surface area contributed by atoms with Gasteiger partial charge in [-0.25, -0.2) is 0 Å². The van der Waals surface area contributed by atoms with E-state index in [0.717, 1.165) is 16.5 Å². The Kier molecular flexibility index (Phi) is 5.51. The van der Waals surface area contributed by atoms with Gasteiger partial charge in [-0.05, 0) is 79.6 Å². The molecule has 0 heterocycles.